The van der Waals surface area contributed by atoms with E-state index < -0.39 is 0 Å². The maximum Gasteiger partial charge on any atom is 0.161 e. The van der Waals surface area contributed by atoms with Crippen molar-refractivity contribution in [2.45, 2.75) is 17.7 Å². The number of thiazole rings is 1. The highest BCUT2D eigenvalue weighted by atomic mass is 32.2. The molecule has 0 aliphatic carbocycles. The third-order valence-electron chi connectivity index (χ3n) is 1.05. The van der Waals surface area contributed by atoms with Crippen molar-refractivity contribution >= 4 is 29.4 Å². The van der Waals surface area contributed by atoms with Crippen LogP contribution in [-0.4, -0.2) is 17.0 Å². The maximum atomic E-state index is 10.3. The van der Waals surface area contributed by atoms with Gasteiger partial charge in [0.25, 0.3) is 0 Å². The highest BCUT2D eigenvalue weighted by Crippen LogP contribution is 2.23. The molecule has 1 heterocycles. The smallest absolute Gasteiger partial charge is 0.161 e. The largest absolute Gasteiger partial charge is 0.297 e. The van der Waals surface area contributed by atoms with Gasteiger partial charge in [-0.15, -0.1) is 11.3 Å². The maximum absolute atomic E-state index is 10.3. The predicted molar refractivity (Wildman–Crippen MR) is 48.5 cm³/mol. The van der Waals surface area contributed by atoms with Crippen LogP contribution in [0.4, 0.5) is 0 Å². The molecule has 0 spiro atoms. The van der Waals surface area contributed by atoms with Crippen molar-refractivity contribution in [1.29, 1.82) is 0 Å². The molecule has 0 aliphatic rings. The molecule has 0 aliphatic heterocycles. The molecule has 11 heavy (non-hydrogen) atoms. The molecule has 0 aromatic carbocycles. The lowest BCUT2D eigenvalue weighted by atomic mass is 10.6. The first-order valence-electron chi connectivity index (χ1n) is 3.40. The number of hydrogen-bond donors (Lipinski definition) is 0. The Morgan fingerprint density at radius 3 is 3.18 bits per heavy atom. The lowest BCUT2D eigenvalue weighted by Crippen LogP contribution is -1.71. The summed E-state index contributed by atoms with van der Waals surface area (Å²) in [4.78, 5) is 15.0. The fourth-order valence-corrected chi connectivity index (χ4v) is 2.32. The van der Waals surface area contributed by atoms with Crippen molar-refractivity contribution in [3.63, 3.8) is 0 Å². The quantitative estimate of drug-likeness (QED) is 0.535. The lowest BCUT2D eigenvalue weighted by Gasteiger charge is -1.89. The van der Waals surface area contributed by atoms with Gasteiger partial charge in [0.15, 0.2) is 6.29 Å². The first kappa shape index (κ1) is 8.74. The van der Waals surface area contributed by atoms with Crippen LogP contribution in [0.2, 0.25) is 0 Å². The molecule has 0 N–H and O–H groups in total. The molecule has 0 amide bonds. The van der Waals surface area contributed by atoms with E-state index in [0.717, 1.165) is 22.8 Å². The molecular weight excluding hydrogens is 178 g/mol. The molecule has 0 radical (unpaired) electrons. The van der Waals surface area contributed by atoms with E-state index in [2.05, 4.69) is 11.9 Å². The van der Waals surface area contributed by atoms with Crippen LogP contribution in [0.1, 0.15) is 23.0 Å². The summed E-state index contributed by atoms with van der Waals surface area (Å²) in [7, 11) is 0. The van der Waals surface area contributed by atoms with Crippen LogP contribution in [0.5, 0.6) is 0 Å². The van der Waals surface area contributed by atoms with E-state index in [0.29, 0.717) is 4.88 Å². The molecule has 0 bridgehead atoms. The van der Waals surface area contributed by atoms with Crippen LogP contribution >= 0.6 is 23.1 Å². The second-order valence-corrected chi connectivity index (χ2v) is 4.40. The van der Waals surface area contributed by atoms with Gasteiger partial charge in [-0.25, -0.2) is 4.98 Å². The predicted octanol–water partition coefficient (Wildman–Crippen LogP) is 2.46. The minimum Gasteiger partial charge on any atom is -0.297 e. The summed E-state index contributed by atoms with van der Waals surface area (Å²) in [5.41, 5.74) is 0. The third kappa shape index (κ3) is 2.63. The monoisotopic (exact) mass is 187 g/mol. The Labute approximate surface area is 74.0 Å². The highest BCUT2D eigenvalue weighted by molar-refractivity contribution is 8.01. The summed E-state index contributed by atoms with van der Waals surface area (Å²) in [6, 6.07) is 0. The van der Waals surface area contributed by atoms with Gasteiger partial charge in [0.2, 0.25) is 0 Å². The molecule has 2 nitrogen and oxygen atoms in total. The van der Waals surface area contributed by atoms with Gasteiger partial charge < -0.3 is 0 Å². The second kappa shape index (κ2) is 4.51. The Morgan fingerprint density at radius 2 is 2.64 bits per heavy atom. The Bertz CT molecular complexity index is 234. The summed E-state index contributed by atoms with van der Waals surface area (Å²) in [5.74, 6) is 1.08. The molecule has 0 unspecified atom stereocenters. The number of carbonyl (C=O) groups excluding carboxylic acids is 1. The molecule has 0 atom stereocenters. The van der Waals surface area contributed by atoms with E-state index in [1.54, 1.807) is 18.0 Å². The van der Waals surface area contributed by atoms with E-state index in [9.17, 15) is 4.79 Å². The van der Waals surface area contributed by atoms with Gasteiger partial charge in [0.1, 0.15) is 4.34 Å². The Morgan fingerprint density at radius 1 is 1.82 bits per heavy atom. The van der Waals surface area contributed by atoms with Gasteiger partial charge in [-0.1, -0.05) is 18.7 Å². The number of carbonyl (C=O) groups is 1. The first-order valence-corrected chi connectivity index (χ1v) is 5.21. The third-order valence-corrected chi connectivity index (χ3v) is 3.33. The average Bonchev–Trinajstić information content (AvgIpc) is 2.48. The normalized spacial score (nSPS) is 9.91. The van der Waals surface area contributed by atoms with E-state index in [-0.39, 0.29) is 0 Å². The summed E-state index contributed by atoms with van der Waals surface area (Å²) in [6.07, 6.45) is 3.60. The summed E-state index contributed by atoms with van der Waals surface area (Å²) < 4.78 is 0.994. The van der Waals surface area contributed by atoms with E-state index >= 15 is 0 Å². The van der Waals surface area contributed by atoms with Crippen molar-refractivity contribution in [2.24, 2.45) is 0 Å². The van der Waals surface area contributed by atoms with Crippen molar-refractivity contribution < 1.29 is 4.79 Å². The van der Waals surface area contributed by atoms with Gasteiger partial charge in [-0.3, -0.25) is 4.79 Å². The van der Waals surface area contributed by atoms with Crippen molar-refractivity contribution in [3.05, 3.63) is 11.1 Å². The molecule has 4 heteroatoms. The number of nitrogens with zero attached hydrogens (tertiary/aromatic N) is 1. The Kier molecular flexibility index (Phi) is 3.59. The SMILES string of the molecule is CCCSc1ncc(C=O)s1. The molecule has 60 valence electrons. The Balaban J connectivity index is 2.51. The van der Waals surface area contributed by atoms with Crippen LogP contribution in [0, 0.1) is 0 Å². The highest BCUT2D eigenvalue weighted by Gasteiger charge is 1.99. The zero-order valence-corrected chi connectivity index (χ0v) is 7.87. The molecule has 1 aromatic heterocycles. The molecule has 0 fully saturated rings. The standard InChI is InChI=1S/C7H9NOS2/c1-2-3-10-7-8-4-6(5-9)11-7/h4-5H,2-3H2,1H3. The van der Waals surface area contributed by atoms with Gasteiger partial charge in [-0.05, 0) is 6.42 Å². The van der Waals surface area contributed by atoms with Crippen LogP contribution < -0.4 is 0 Å². The molecule has 1 aromatic rings. The van der Waals surface area contributed by atoms with Crippen LogP contribution in [0.25, 0.3) is 0 Å². The summed E-state index contributed by atoms with van der Waals surface area (Å²) >= 11 is 3.16. The topological polar surface area (TPSA) is 30.0 Å². The van der Waals surface area contributed by atoms with E-state index in [4.69, 9.17) is 0 Å². The molecule has 0 saturated heterocycles. The number of hydrogen-bond acceptors (Lipinski definition) is 4. The van der Waals surface area contributed by atoms with Crippen molar-refractivity contribution in [3.8, 4) is 0 Å². The van der Waals surface area contributed by atoms with Crippen LogP contribution in [-0.2, 0) is 0 Å². The number of aromatic nitrogens is 1. The van der Waals surface area contributed by atoms with E-state index in [1.807, 2.05) is 0 Å². The molecule has 0 saturated carbocycles. The fraction of sp³-hybridized carbons (Fsp3) is 0.429. The van der Waals surface area contributed by atoms with Crippen LogP contribution in [0.3, 0.4) is 0 Å². The molecular formula is C7H9NOS2. The Hall–Kier alpha value is -0.350. The van der Waals surface area contributed by atoms with Gasteiger partial charge in [0.05, 0.1) is 4.88 Å². The molecule has 1 rings (SSSR count). The van der Waals surface area contributed by atoms with E-state index in [1.165, 1.54) is 11.3 Å². The zero-order valence-electron chi connectivity index (χ0n) is 6.24. The minimum absolute atomic E-state index is 0.712. The lowest BCUT2D eigenvalue weighted by molar-refractivity contribution is 0.112. The van der Waals surface area contributed by atoms with Gasteiger partial charge >= 0.3 is 0 Å². The van der Waals surface area contributed by atoms with Gasteiger partial charge in [0, 0.05) is 11.9 Å². The zero-order chi connectivity index (χ0) is 8.10. The van der Waals surface area contributed by atoms with Crippen molar-refractivity contribution in [2.75, 3.05) is 5.75 Å². The fourth-order valence-electron chi connectivity index (χ4n) is 0.580. The minimum atomic E-state index is 0.712. The number of aldehydes is 1. The average molecular weight is 187 g/mol. The number of thioether (sulfide) groups is 1. The van der Waals surface area contributed by atoms with Gasteiger partial charge in [-0.2, -0.15) is 0 Å². The number of rotatable bonds is 4. The van der Waals surface area contributed by atoms with Crippen LogP contribution in [0.15, 0.2) is 10.5 Å². The summed E-state index contributed by atoms with van der Waals surface area (Å²) in [5, 5.41) is 0. The van der Waals surface area contributed by atoms with Crippen molar-refractivity contribution in [1.82, 2.24) is 4.98 Å². The first-order chi connectivity index (χ1) is 5.36. The second-order valence-electron chi connectivity index (χ2n) is 1.99. The summed E-state index contributed by atoms with van der Waals surface area (Å²) in [6.45, 7) is 2.13.